The van der Waals surface area contributed by atoms with Gasteiger partial charge in [-0.1, -0.05) is 0 Å². The van der Waals surface area contributed by atoms with E-state index in [1.54, 1.807) is 0 Å². The quantitative estimate of drug-likeness (QED) is 0.490. The fourth-order valence-electron chi connectivity index (χ4n) is 1.40. The van der Waals surface area contributed by atoms with Crippen molar-refractivity contribution in [1.82, 2.24) is 0 Å². The van der Waals surface area contributed by atoms with Crippen LogP contribution in [0.1, 0.15) is 0 Å². The molecule has 0 atom stereocenters. The number of halogens is 6. The number of benzene rings is 2. The maximum atomic E-state index is 12.9. The van der Waals surface area contributed by atoms with Gasteiger partial charge in [-0.05, 0) is 0 Å². The lowest BCUT2D eigenvalue weighted by molar-refractivity contribution is 0.414. The highest BCUT2D eigenvalue weighted by atomic mass is 19.2. The monoisotopic (exact) mass is 306 g/mol. The van der Waals surface area contributed by atoms with E-state index in [2.05, 4.69) is 0 Å². The standard InChI is InChI=1S/C12H5BF6O2/c14-7-1-5(2-8(15)11(7)18)20-13-21-6-3-9(16)12(19)10(17)4-6/h1-4,13H. The van der Waals surface area contributed by atoms with Gasteiger partial charge in [-0.25, -0.2) is 26.3 Å². The van der Waals surface area contributed by atoms with E-state index >= 15 is 0 Å². The molecule has 0 fully saturated rings. The van der Waals surface area contributed by atoms with Gasteiger partial charge in [0.05, 0.1) is 0 Å². The minimum Gasteiger partial charge on any atom is -0.528 e. The first-order valence-electron chi connectivity index (χ1n) is 5.43. The summed E-state index contributed by atoms with van der Waals surface area (Å²) >= 11 is 0. The van der Waals surface area contributed by atoms with Crippen molar-refractivity contribution in [3.05, 3.63) is 59.2 Å². The van der Waals surface area contributed by atoms with Gasteiger partial charge < -0.3 is 9.31 Å². The summed E-state index contributed by atoms with van der Waals surface area (Å²) in [6, 6.07) is 2.25. The molecule has 0 aromatic heterocycles. The van der Waals surface area contributed by atoms with Crippen LogP contribution in [0.25, 0.3) is 0 Å². The fourth-order valence-corrected chi connectivity index (χ4v) is 1.40. The van der Waals surface area contributed by atoms with Crippen LogP contribution in [0, 0.1) is 34.9 Å². The summed E-state index contributed by atoms with van der Waals surface area (Å²) in [4.78, 5) is 0. The lowest BCUT2D eigenvalue weighted by Gasteiger charge is -2.08. The van der Waals surface area contributed by atoms with Crippen molar-refractivity contribution in [2.75, 3.05) is 0 Å². The third kappa shape index (κ3) is 3.42. The first kappa shape index (κ1) is 15.1. The molecular weight excluding hydrogens is 301 g/mol. The molecule has 2 aromatic carbocycles. The Morgan fingerprint density at radius 1 is 0.571 bits per heavy atom. The predicted molar refractivity (Wildman–Crippen MR) is 61.0 cm³/mol. The van der Waals surface area contributed by atoms with Gasteiger partial charge in [0.1, 0.15) is 11.5 Å². The Kier molecular flexibility index (Phi) is 4.30. The molecule has 0 heterocycles. The highest BCUT2D eigenvalue weighted by Gasteiger charge is 2.14. The van der Waals surface area contributed by atoms with Crippen molar-refractivity contribution >= 4 is 7.69 Å². The van der Waals surface area contributed by atoms with Crippen LogP contribution < -0.4 is 9.31 Å². The summed E-state index contributed by atoms with van der Waals surface area (Å²) in [5.41, 5.74) is 0. The zero-order chi connectivity index (χ0) is 15.6. The summed E-state index contributed by atoms with van der Waals surface area (Å²) in [5.74, 6) is -9.98. The van der Waals surface area contributed by atoms with E-state index in [4.69, 9.17) is 9.31 Å². The minimum absolute atomic E-state index is 0.394. The molecule has 9 heteroatoms. The third-order valence-corrected chi connectivity index (χ3v) is 2.37. The van der Waals surface area contributed by atoms with Gasteiger partial charge in [0.15, 0.2) is 34.9 Å². The average molecular weight is 306 g/mol. The molecule has 0 aliphatic heterocycles. The zero-order valence-electron chi connectivity index (χ0n) is 10.1. The first-order chi connectivity index (χ1) is 9.88. The van der Waals surface area contributed by atoms with E-state index < -0.39 is 54.1 Å². The molecule has 0 aliphatic carbocycles. The van der Waals surface area contributed by atoms with Crippen LogP contribution in [0.3, 0.4) is 0 Å². The Morgan fingerprint density at radius 2 is 0.857 bits per heavy atom. The predicted octanol–water partition coefficient (Wildman–Crippen LogP) is 3.25. The molecule has 110 valence electrons. The average Bonchev–Trinajstić information content (AvgIpc) is 2.42. The summed E-state index contributed by atoms with van der Waals surface area (Å²) in [6.07, 6.45) is 0. The van der Waals surface area contributed by atoms with Crippen LogP contribution in [0.4, 0.5) is 26.3 Å². The van der Waals surface area contributed by atoms with E-state index in [1.807, 2.05) is 0 Å². The van der Waals surface area contributed by atoms with Crippen molar-refractivity contribution < 1.29 is 35.7 Å². The Labute approximate surface area is 115 Å². The SMILES string of the molecule is Fc1cc(OBOc2cc(F)c(F)c(F)c2)cc(F)c1F. The molecule has 0 saturated carbocycles. The highest BCUT2D eigenvalue weighted by molar-refractivity contribution is 6.20. The molecule has 0 aliphatic rings. The molecule has 0 spiro atoms. The van der Waals surface area contributed by atoms with Gasteiger partial charge in [-0.3, -0.25) is 0 Å². The second kappa shape index (κ2) is 5.98. The smallest absolute Gasteiger partial charge is 0.528 e. The fraction of sp³-hybridized carbons (Fsp3) is 0. The summed E-state index contributed by atoms with van der Waals surface area (Å²) in [7, 11) is -0.685. The van der Waals surface area contributed by atoms with Gasteiger partial charge in [0.2, 0.25) is 0 Å². The molecule has 0 amide bonds. The number of hydrogen-bond donors (Lipinski definition) is 0. The minimum atomic E-state index is -1.66. The highest BCUT2D eigenvalue weighted by Crippen LogP contribution is 2.21. The van der Waals surface area contributed by atoms with Crippen LogP contribution in [-0.2, 0) is 0 Å². The largest absolute Gasteiger partial charge is 0.576 e. The maximum Gasteiger partial charge on any atom is 0.576 e. The van der Waals surface area contributed by atoms with Crippen molar-refractivity contribution in [1.29, 1.82) is 0 Å². The van der Waals surface area contributed by atoms with Crippen LogP contribution in [0.15, 0.2) is 24.3 Å². The third-order valence-electron chi connectivity index (χ3n) is 2.37. The molecule has 2 nitrogen and oxygen atoms in total. The molecule has 2 rings (SSSR count). The van der Waals surface area contributed by atoms with E-state index in [1.165, 1.54) is 0 Å². The number of hydrogen-bond acceptors (Lipinski definition) is 2. The second-order valence-corrected chi connectivity index (χ2v) is 3.81. The van der Waals surface area contributed by atoms with Crippen molar-refractivity contribution in [3.63, 3.8) is 0 Å². The van der Waals surface area contributed by atoms with Gasteiger partial charge in [-0.2, -0.15) is 0 Å². The van der Waals surface area contributed by atoms with Gasteiger partial charge in [-0.15, -0.1) is 0 Å². The van der Waals surface area contributed by atoms with Crippen molar-refractivity contribution in [3.8, 4) is 11.5 Å². The lowest BCUT2D eigenvalue weighted by Crippen LogP contribution is -2.12. The number of rotatable bonds is 4. The normalized spacial score (nSPS) is 10.4. The van der Waals surface area contributed by atoms with E-state index in [0.29, 0.717) is 24.3 Å². The molecule has 0 unspecified atom stereocenters. The Balaban J connectivity index is 2.02. The molecule has 0 bridgehead atoms. The molecule has 21 heavy (non-hydrogen) atoms. The van der Waals surface area contributed by atoms with Gasteiger partial charge in [0, 0.05) is 24.3 Å². The molecule has 2 aromatic rings. The second-order valence-electron chi connectivity index (χ2n) is 3.81. The Morgan fingerprint density at radius 3 is 1.14 bits per heavy atom. The van der Waals surface area contributed by atoms with Gasteiger partial charge >= 0.3 is 7.69 Å². The van der Waals surface area contributed by atoms with E-state index in [0.717, 1.165) is 0 Å². The van der Waals surface area contributed by atoms with Gasteiger partial charge in [0.25, 0.3) is 0 Å². The lowest BCUT2D eigenvalue weighted by atomic mass is 10.2. The van der Waals surface area contributed by atoms with Crippen LogP contribution in [0.5, 0.6) is 11.5 Å². The van der Waals surface area contributed by atoms with E-state index in [9.17, 15) is 26.3 Å². The van der Waals surface area contributed by atoms with Crippen LogP contribution in [0.2, 0.25) is 0 Å². The molecule has 0 saturated heterocycles. The van der Waals surface area contributed by atoms with E-state index in [-0.39, 0.29) is 0 Å². The first-order valence-corrected chi connectivity index (χ1v) is 5.43. The van der Waals surface area contributed by atoms with Crippen molar-refractivity contribution in [2.24, 2.45) is 0 Å². The topological polar surface area (TPSA) is 18.5 Å². The summed E-state index contributed by atoms with van der Waals surface area (Å²) in [6.45, 7) is 0. The van der Waals surface area contributed by atoms with Crippen LogP contribution >= 0.6 is 0 Å². The molecule has 0 N–H and O–H groups in total. The summed E-state index contributed by atoms with van der Waals surface area (Å²) in [5, 5.41) is 0. The Hall–Kier alpha value is -2.32. The molecule has 0 radical (unpaired) electrons. The maximum absolute atomic E-state index is 12.9. The molecular formula is C12H5BF6O2. The van der Waals surface area contributed by atoms with Crippen LogP contribution in [-0.4, -0.2) is 7.69 Å². The zero-order valence-corrected chi connectivity index (χ0v) is 10.1. The van der Waals surface area contributed by atoms with Crippen molar-refractivity contribution in [2.45, 2.75) is 0 Å². The summed E-state index contributed by atoms with van der Waals surface area (Å²) < 4.78 is 86.3. The Bertz CT molecular complexity index is 575.